The van der Waals surface area contributed by atoms with Crippen molar-refractivity contribution in [3.8, 4) is 0 Å². The summed E-state index contributed by atoms with van der Waals surface area (Å²) in [6, 6.07) is 0. The highest BCUT2D eigenvalue weighted by Crippen LogP contribution is 2.13. The molecule has 0 saturated carbocycles. The Bertz CT molecular complexity index is 514. The maximum Gasteiger partial charge on any atom is 0.0667 e. The van der Waals surface area contributed by atoms with Gasteiger partial charge in [-0.3, -0.25) is 14.7 Å². The summed E-state index contributed by atoms with van der Waals surface area (Å²) < 4.78 is 0. The highest BCUT2D eigenvalue weighted by Gasteiger charge is 2.20. The van der Waals surface area contributed by atoms with Gasteiger partial charge in [0.25, 0.3) is 0 Å². The summed E-state index contributed by atoms with van der Waals surface area (Å²) in [5, 5.41) is 31.1. The smallest absolute Gasteiger partial charge is 0.0667 e. The van der Waals surface area contributed by atoms with Crippen LogP contribution in [0.5, 0.6) is 0 Å². The largest absolute Gasteiger partial charge is 0.392 e. The molecule has 0 radical (unpaired) electrons. The van der Waals surface area contributed by atoms with E-state index in [2.05, 4.69) is 28.5 Å². The zero-order chi connectivity index (χ0) is 28.6. The second-order valence-electron chi connectivity index (χ2n) is 12.6. The molecule has 0 amide bonds. The van der Waals surface area contributed by atoms with Crippen LogP contribution in [0.25, 0.3) is 0 Å². The van der Waals surface area contributed by atoms with Gasteiger partial charge in [0.15, 0.2) is 0 Å². The summed E-state index contributed by atoms with van der Waals surface area (Å²) >= 11 is 0. The second-order valence-corrected chi connectivity index (χ2v) is 12.6. The van der Waals surface area contributed by atoms with Gasteiger partial charge in [-0.1, -0.05) is 117 Å². The van der Waals surface area contributed by atoms with E-state index in [0.29, 0.717) is 13.1 Å². The standard InChI is InChI=1S/C33H69N3O3/c1-4-6-8-10-12-14-16-18-20-32(38)29-35-25-22-34(23-26-35)24-27-36(28-31(3)37)30-33(39)21-19-17-15-13-11-9-7-5-2/h31-33,37-39H,4-30H2,1-3H3/t31-,32-,33-/m1/s1. The first kappa shape index (κ1) is 36.8. The molecule has 1 heterocycles. The average Bonchev–Trinajstić information content (AvgIpc) is 2.91. The number of unbranched alkanes of at least 4 members (excludes halogenated alkanes) is 14. The monoisotopic (exact) mass is 556 g/mol. The molecule has 1 saturated heterocycles. The molecule has 234 valence electrons. The molecule has 0 spiro atoms. The predicted molar refractivity (Wildman–Crippen MR) is 167 cm³/mol. The fourth-order valence-corrected chi connectivity index (χ4v) is 5.92. The number of hydrogen-bond donors (Lipinski definition) is 3. The summed E-state index contributed by atoms with van der Waals surface area (Å²) in [5.74, 6) is 0. The summed E-state index contributed by atoms with van der Waals surface area (Å²) in [4.78, 5) is 7.18. The first-order chi connectivity index (χ1) is 18.9. The Hall–Kier alpha value is -0.240. The Balaban J connectivity index is 2.15. The summed E-state index contributed by atoms with van der Waals surface area (Å²) in [6.07, 6.45) is 21.8. The number of nitrogens with zero attached hydrogens (tertiary/aromatic N) is 3. The van der Waals surface area contributed by atoms with E-state index in [4.69, 9.17) is 0 Å². The summed E-state index contributed by atoms with van der Waals surface area (Å²) in [5.41, 5.74) is 0. The molecule has 1 aliphatic rings. The van der Waals surface area contributed by atoms with Crippen molar-refractivity contribution in [2.45, 2.75) is 155 Å². The predicted octanol–water partition coefficient (Wildman–Crippen LogP) is 6.07. The number of piperazine rings is 1. The molecule has 39 heavy (non-hydrogen) atoms. The van der Waals surface area contributed by atoms with Crippen LogP contribution in [0.4, 0.5) is 0 Å². The van der Waals surface area contributed by atoms with Crippen LogP contribution in [-0.4, -0.2) is 107 Å². The minimum Gasteiger partial charge on any atom is -0.392 e. The van der Waals surface area contributed by atoms with Crippen LogP contribution in [0, 0.1) is 0 Å². The number of aliphatic hydroxyl groups is 3. The van der Waals surface area contributed by atoms with Gasteiger partial charge in [0.1, 0.15) is 0 Å². The lowest BCUT2D eigenvalue weighted by Gasteiger charge is -2.37. The molecule has 0 bridgehead atoms. The summed E-state index contributed by atoms with van der Waals surface area (Å²) in [7, 11) is 0. The Morgan fingerprint density at radius 2 is 1.00 bits per heavy atom. The third kappa shape index (κ3) is 22.1. The van der Waals surface area contributed by atoms with Crippen LogP contribution >= 0.6 is 0 Å². The van der Waals surface area contributed by atoms with E-state index < -0.39 is 0 Å². The molecule has 0 aromatic rings. The molecule has 3 atom stereocenters. The van der Waals surface area contributed by atoms with Gasteiger partial charge in [0, 0.05) is 58.9 Å². The van der Waals surface area contributed by atoms with Gasteiger partial charge in [-0.25, -0.2) is 0 Å². The zero-order valence-corrected chi connectivity index (χ0v) is 26.5. The van der Waals surface area contributed by atoms with Crippen LogP contribution in [0.2, 0.25) is 0 Å². The van der Waals surface area contributed by atoms with Crippen LogP contribution in [0.1, 0.15) is 136 Å². The Kier molecular flexibility index (Phi) is 24.0. The lowest BCUT2D eigenvalue weighted by molar-refractivity contribution is 0.0478. The topological polar surface area (TPSA) is 70.4 Å². The SMILES string of the molecule is CCCCCCCCCC[C@@H](O)CN1CCN(CCN(C[C@H](O)CCCCCCCCCC)C[C@@H](C)O)CC1. The maximum absolute atomic E-state index is 10.6. The third-order valence-corrected chi connectivity index (χ3v) is 8.44. The maximum atomic E-state index is 10.6. The van der Waals surface area contributed by atoms with E-state index in [-0.39, 0.29) is 18.3 Å². The van der Waals surface area contributed by atoms with Crippen LogP contribution < -0.4 is 0 Å². The minimum atomic E-state index is -0.375. The summed E-state index contributed by atoms with van der Waals surface area (Å²) in [6.45, 7) is 14.4. The molecule has 1 fully saturated rings. The van der Waals surface area contributed by atoms with Gasteiger partial charge in [-0.2, -0.15) is 0 Å². The lowest BCUT2D eigenvalue weighted by atomic mass is 10.1. The number of aliphatic hydroxyl groups excluding tert-OH is 3. The van der Waals surface area contributed by atoms with E-state index in [9.17, 15) is 15.3 Å². The molecule has 0 aromatic heterocycles. The lowest BCUT2D eigenvalue weighted by Crippen LogP contribution is -2.50. The quantitative estimate of drug-likeness (QED) is 0.107. The normalized spacial score (nSPS) is 17.6. The van der Waals surface area contributed by atoms with Crippen molar-refractivity contribution in [1.29, 1.82) is 0 Å². The molecular weight excluding hydrogens is 486 g/mol. The van der Waals surface area contributed by atoms with Gasteiger partial charge in [0.2, 0.25) is 0 Å². The van der Waals surface area contributed by atoms with Crippen LogP contribution in [0.15, 0.2) is 0 Å². The van der Waals surface area contributed by atoms with E-state index in [0.717, 1.165) is 71.5 Å². The van der Waals surface area contributed by atoms with Gasteiger partial charge in [-0.15, -0.1) is 0 Å². The third-order valence-electron chi connectivity index (χ3n) is 8.44. The molecule has 6 heteroatoms. The van der Waals surface area contributed by atoms with Crippen molar-refractivity contribution in [2.24, 2.45) is 0 Å². The zero-order valence-electron chi connectivity index (χ0n) is 26.5. The molecule has 3 N–H and O–H groups in total. The second kappa shape index (κ2) is 25.5. The fraction of sp³-hybridized carbons (Fsp3) is 1.00. The Labute approximate surface area is 243 Å². The van der Waals surface area contributed by atoms with E-state index in [1.165, 1.54) is 89.9 Å². The van der Waals surface area contributed by atoms with Crippen LogP contribution in [0.3, 0.4) is 0 Å². The first-order valence-corrected chi connectivity index (χ1v) is 17.2. The number of hydrogen-bond acceptors (Lipinski definition) is 6. The number of rotatable bonds is 27. The van der Waals surface area contributed by atoms with Crippen molar-refractivity contribution < 1.29 is 15.3 Å². The first-order valence-electron chi connectivity index (χ1n) is 17.2. The van der Waals surface area contributed by atoms with Crippen LogP contribution in [-0.2, 0) is 0 Å². The van der Waals surface area contributed by atoms with Crippen molar-refractivity contribution >= 4 is 0 Å². The minimum absolute atomic E-state index is 0.194. The molecule has 1 aliphatic heterocycles. The highest BCUT2D eigenvalue weighted by molar-refractivity contribution is 4.76. The Morgan fingerprint density at radius 1 is 0.564 bits per heavy atom. The fourth-order valence-electron chi connectivity index (χ4n) is 5.92. The molecule has 1 rings (SSSR count). The van der Waals surface area contributed by atoms with Gasteiger partial charge in [-0.05, 0) is 19.8 Å². The van der Waals surface area contributed by atoms with Gasteiger partial charge in [0.05, 0.1) is 18.3 Å². The average molecular weight is 556 g/mol. The Morgan fingerprint density at radius 3 is 1.49 bits per heavy atom. The van der Waals surface area contributed by atoms with E-state index in [1.54, 1.807) is 0 Å². The van der Waals surface area contributed by atoms with Gasteiger partial charge < -0.3 is 15.3 Å². The molecule has 0 unspecified atom stereocenters. The molecule has 6 nitrogen and oxygen atoms in total. The molecular formula is C33H69N3O3. The van der Waals surface area contributed by atoms with Crippen molar-refractivity contribution in [2.75, 3.05) is 58.9 Å². The van der Waals surface area contributed by atoms with Crippen molar-refractivity contribution in [3.05, 3.63) is 0 Å². The molecule has 0 aromatic carbocycles. The highest BCUT2D eigenvalue weighted by atomic mass is 16.3. The number of β-amino-alcohol motifs (C(OH)–C–C–N with tert-alkyl or cyclic N) is 1. The van der Waals surface area contributed by atoms with Gasteiger partial charge >= 0.3 is 0 Å². The van der Waals surface area contributed by atoms with Crippen molar-refractivity contribution in [1.82, 2.24) is 14.7 Å². The van der Waals surface area contributed by atoms with Crippen molar-refractivity contribution in [3.63, 3.8) is 0 Å². The van der Waals surface area contributed by atoms with E-state index >= 15 is 0 Å². The molecule has 0 aliphatic carbocycles. The van der Waals surface area contributed by atoms with E-state index in [1.807, 2.05) is 6.92 Å².